The van der Waals surface area contributed by atoms with Gasteiger partial charge >= 0.3 is 0 Å². The van der Waals surface area contributed by atoms with Gasteiger partial charge in [0, 0.05) is 6.42 Å². The third kappa shape index (κ3) is 2.46. The molecule has 1 aliphatic rings. The largest absolute Gasteiger partial charge is 0.493 e. The summed E-state index contributed by atoms with van der Waals surface area (Å²) in [4.78, 5) is 10.7. The molecule has 2 nitrogen and oxygen atoms in total. The van der Waals surface area contributed by atoms with Crippen molar-refractivity contribution >= 4 is 5.78 Å². The van der Waals surface area contributed by atoms with Gasteiger partial charge in [0.1, 0.15) is 5.75 Å². The number of carbonyl (C=O) groups is 1. The van der Waals surface area contributed by atoms with Crippen LogP contribution in [0.25, 0.3) is 0 Å². The summed E-state index contributed by atoms with van der Waals surface area (Å²) < 4.78 is 5.42. The molecular formula is C13H14O2. The van der Waals surface area contributed by atoms with Gasteiger partial charge < -0.3 is 4.74 Å². The molecule has 0 atom stereocenters. The van der Waals surface area contributed by atoms with Crippen molar-refractivity contribution < 1.29 is 9.53 Å². The molecule has 0 radical (unpaired) electrons. The molecule has 0 unspecified atom stereocenters. The number of fused-ring (bicyclic) bond motifs is 1. The van der Waals surface area contributed by atoms with E-state index in [0.717, 1.165) is 25.2 Å². The molecule has 0 amide bonds. The Morgan fingerprint density at radius 2 is 2.40 bits per heavy atom. The van der Waals surface area contributed by atoms with Crippen LogP contribution >= 0.6 is 0 Å². The van der Waals surface area contributed by atoms with E-state index in [9.17, 15) is 4.79 Å². The van der Waals surface area contributed by atoms with Gasteiger partial charge in [-0.3, -0.25) is 4.79 Å². The third-order valence-corrected chi connectivity index (χ3v) is 2.46. The van der Waals surface area contributed by atoms with Crippen LogP contribution in [0, 0.1) is 0 Å². The van der Waals surface area contributed by atoms with Crippen LogP contribution in [-0.2, 0) is 17.6 Å². The fourth-order valence-corrected chi connectivity index (χ4v) is 1.73. The first kappa shape index (κ1) is 9.97. The Morgan fingerprint density at radius 3 is 3.20 bits per heavy atom. The zero-order valence-electron chi connectivity index (χ0n) is 8.82. The molecule has 15 heavy (non-hydrogen) atoms. The van der Waals surface area contributed by atoms with Crippen molar-refractivity contribution in [3.8, 4) is 5.75 Å². The minimum atomic E-state index is 0.0968. The van der Waals surface area contributed by atoms with Gasteiger partial charge in [-0.05, 0) is 36.6 Å². The quantitative estimate of drug-likeness (QED) is 0.703. The number of allylic oxidation sites excluding steroid dienone is 2. The molecule has 0 N–H and O–H groups in total. The molecule has 78 valence electrons. The Bertz CT molecular complexity index is 405. The molecule has 2 heteroatoms. The van der Waals surface area contributed by atoms with E-state index in [1.54, 1.807) is 13.0 Å². The molecule has 1 aromatic rings. The molecule has 2 rings (SSSR count). The standard InChI is InChI=1S/C13H14O2/c1-10(14)3-2-4-11-5-6-13-12(9-11)7-8-15-13/h2-3,5-6,9H,4,7-8H2,1H3/b3-2+. The Morgan fingerprint density at radius 1 is 1.53 bits per heavy atom. The third-order valence-electron chi connectivity index (χ3n) is 2.46. The molecular weight excluding hydrogens is 188 g/mol. The summed E-state index contributed by atoms with van der Waals surface area (Å²) in [5.41, 5.74) is 2.51. The fraction of sp³-hybridized carbons (Fsp3) is 0.308. The summed E-state index contributed by atoms with van der Waals surface area (Å²) in [5.74, 6) is 1.11. The van der Waals surface area contributed by atoms with E-state index < -0.39 is 0 Å². The van der Waals surface area contributed by atoms with Crippen LogP contribution in [0.5, 0.6) is 5.75 Å². The van der Waals surface area contributed by atoms with E-state index >= 15 is 0 Å². The average molecular weight is 202 g/mol. The number of benzene rings is 1. The summed E-state index contributed by atoms with van der Waals surface area (Å²) in [6, 6.07) is 6.22. The zero-order chi connectivity index (χ0) is 10.7. The Hall–Kier alpha value is -1.57. The molecule has 0 aromatic heterocycles. The van der Waals surface area contributed by atoms with Gasteiger partial charge in [0.15, 0.2) is 5.78 Å². The Labute approximate surface area is 89.6 Å². The second-order valence-electron chi connectivity index (χ2n) is 3.76. The monoisotopic (exact) mass is 202 g/mol. The van der Waals surface area contributed by atoms with Crippen LogP contribution in [0.3, 0.4) is 0 Å². The number of rotatable bonds is 3. The highest BCUT2D eigenvalue weighted by atomic mass is 16.5. The number of ketones is 1. The van der Waals surface area contributed by atoms with E-state index in [0.29, 0.717) is 0 Å². The number of ether oxygens (including phenoxy) is 1. The average Bonchev–Trinajstić information content (AvgIpc) is 2.64. The first-order chi connectivity index (χ1) is 7.25. The second kappa shape index (κ2) is 4.30. The lowest BCUT2D eigenvalue weighted by Gasteiger charge is -2.00. The predicted molar refractivity (Wildman–Crippen MR) is 59.2 cm³/mol. The van der Waals surface area contributed by atoms with Gasteiger partial charge in [-0.15, -0.1) is 0 Å². The van der Waals surface area contributed by atoms with Crippen LogP contribution in [0.15, 0.2) is 30.4 Å². The summed E-state index contributed by atoms with van der Waals surface area (Å²) in [6.07, 6.45) is 5.33. The van der Waals surface area contributed by atoms with Gasteiger partial charge in [0.25, 0.3) is 0 Å². The van der Waals surface area contributed by atoms with E-state index in [-0.39, 0.29) is 5.78 Å². The normalized spacial score (nSPS) is 13.9. The highest BCUT2D eigenvalue weighted by Crippen LogP contribution is 2.25. The second-order valence-corrected chi connectivity index (χ2v) is 3.76. The van der Waals surface area contributed by atoms with Crippen LogP contribution < -0.4 is 4.74 Å². The first-order valence-electron chi connectivity index (χ1n) is 5.17. The SMILES string of the molecule is CC(=O)/C=C/Cc1ccc2c(c1)CCO2. The summed E-state index contributed by atoms with van der Waals surface area (Å²) in [6.45, 7) is 2.36. The summed E-state index contributed by atoms with van der Waals surface area (Å²) in [5, 5.41) is 0. The summed E-state index contributed by atoms with van der Waals surface area (Å²) in [7, 11) is 0. The maximum Gasteiger partial charge on any atom is 0.152 e. The highest BCUT2D eigenvalue weighted by molar-refractivity contribution is 5.87. The van der Waals surface area contributed by atoms with E-state index in [4.69, 9.17) is 4.74 Å². The van der Waals surface area contributed by atoms with Crippen molar-refractivity contribution in [3.05, 3.63) is 41.5 Å². The minimum Gasteiger partial charge on any atom is -0.493 e. The van der Waals surface area contributed by atoms with Crippen molar-refractivity contribution in [2.24, 2.45) is 0 Å². The molecule has 0 fully saturated rings. The van der Waals surface area contributed by atoms with Crippen molar-refractivity contribution in [3.63, 3.8) is 0 Å². The van der Waals surface area contributed by atoms with Gasteiger partial charge in [-0.25, -0.2) is 0 Å². The van der Waals surface area contributed by atoms with Crippen LogP contribution in [-0.4, -0.2) is 12.4 Å². The maximum absolute atomic E-state index is 10.7. The topological polar surface area (TPSA) is 26.3 Å². The minimum absolute atomic E-state index is 0.0968. The number of hydrogen-bond donors (Lipinski definition) is 0. The Kier molecular flexibility index (Phi) is 2.86. The van der Waals surface area contributed by atoms with Crippen molar-refractivity contribution in [1.29, 1.82) is 0 Å². The molecule has 1 heterocycles. The maximum atomic E-state index is 10.7. The molecule has 0 saturated carbocycles. The lowest BCUT2D eigenvalue weighted by molar-refractivity contribution is -0.112. The van der Waals surface area contributed by atoms with Crippen molar-refractivity contribution in [2.45, 2.75) is 19.8 Å². The molecule has 1 aliphatic heterocycles. The molecule has 0 spiro atoms. The van der Waals surface area contributed by atoms with Crippen molar-refractivity contribution in [2.75, 3.05) is 6.61 Å². The zero-order valence-corrected chi connectivity index (χ0v) is 8.82. The van der Waals surface area contributed by atoms with Gasteiger partial charge in [0.2, 0.25) is 0 Å². The lowest BCUT2D eigenvalue weighted by Crippen LogP contribution is -1.86. The van der Waals surface area contributed by atoms with E-state index in [1.165, 1.54) is 11.1 Å². The Balaban J connectivity index is 2.07. The first-order valence-corrected chi connectivity index (χ1v) is 5.17. The predicted octanol–water partition coefficient (Wildman–Crippen LogP) is 2.31. The highest BCUT2D eigenvalue weighted by Gasteiger charge is 2.11. The van der Waals surface area contributed by atoms with Crippen LogP contribution in [0.1, 0.15) is 18.1 Å². The smallest absolute Gasteiger partial charge is 0.152 e. The summed E-state index contributed by atoms with van der Waals surface area (Å²) >= 11 is 0. The number of carbonyl (C=O) groups excluding carboxylic acids is 1. The molecule has 0 bridgehead atoms. The van der Waals surface area contributed by atoms with Gasteiger partial charge in [-0.2, -0.15) is 0 Å². The van der Waals surface area contributed by atoms with Gasteiger partial charge in [0.05, 0.1) is 6.61 Å². The van der Waals surface area contributed by atoms with Crippen LogP contribution in [0.4, 0.5) is 0 Å². The molecule has 1 aromatic carbocycles. The molecule has 0 aliphatic carbocycles. The number of hydrogen-bond acceptors (Lipinski definition) is 2. The van der Waals surface area contributed by atoms with E-state index in [2.05, 4.69) is 12.1 Å². The van der Waals surface area contributed by atoms with Crippen LogP contribution in [0.2, 0.25) is 0 Å². The molecule has 0 saturated heterocycles. The fourth-order valence-electron chi connectivity index (χ4n) is 1.73. The van der Waals surface area contributed by atoms with E-state index in [1.807, 2.05) is 12.1 Å². The van der Waals surface area contributed by atoms with Gasteiger partial charge in [-0.1, -0.05) is 18.2 Å². The van der Waals surface area contributed by atoms with Crippen molar-refractivity contribution in [1.82, 2.24) is 0 Å². The lowest BCUT2D eigenvalue weighted by atomic mass is 10.1.